The van der Waals surface area contributed by atoms with Crippen molar-refractivity contribution in [2.45, 2.75) is 31.6 Å². The van der Waals surface area contributed by atoms with Gasteiger partial charge in [-0.2, -0.15) is 0 Å². The van der Waals surface area contributed by atoms with Crippen molar-refractivity contribution in [2.24, 2.45) is 5.73 Å². The molecule has 8 nitrogen and oxygen atoms in total. The van der Waals surface area contributed by atoms with Gasteiger partial charge in [0.15, 0.2) is 6.10 Å². The Morgan fingerprint density at radius 2 is 2.35 bits per heavy atom. The fourth-order valence-corrected chi connectivity index (χ4v) is 2.08. The summed E-state index contributed by atoms with van der Waals surface area (Å²) in [6.45, 7) is 1.36. The Kier molecular flexibility index (Phi) is 4.70. The number of hydrogen-bond donors (Lipinski definition) is 3. The van der Waals surface area contributed by atoms with Crippen LogP contribution < -0.4 is 11.1 Å². The number of imidazole rings is 1. The van der Waals surface area contributed by atoms with Crippen molar-refractivity contribution in [3.05, 3.63) is 18.2 Å². The van der Waals surface area contributed by atoms with Crippen LogP contribution in [0.2, 0.25) is 0 Å². The van der Waals surface area contributed by atoms with Gasteiger partial charge in [-0.1, -0.05) is 0 Å². The van der Waals surface area contributed by atoms with E-state index in [-0.39, 0.29) is 18.6 Å². The molecule has 1 aromatic heterocycles. The van der Waals surface area contributed by atoms with Crippen molar-refractivity contribution >= 4 is 11.9 Å². The number of ether oxygens (including phenoxy) is 1. The normalized spacial score (nSPS) is 21.9. The van der Waals surface area contributed by atoms with Gasteiger partial charge in [-0.15, -0.1) is 0 Å². The minimum absolute atomic E-state index is 0.258. The van der Waals surface area contributed by atoms with Crippen LogP contribution in [0.25, 0.3) is 0 Å². The highest BCUT2D eigenvalue weighted by Gasteiger charge is 2.30. The van der Waals surface area contributed by atoms with E-state index in [1.54, 1.807) is 17.1 Å². The molecule has 2 rings (SSSR count). The van der Waals surface area contributed by atoms with Crippen LogP contribution in [-0.4, -0.2) is 51.8 Å². The highest BCUT2D eigenvalue weighted by atomic mass is 16.5. The number of aliphatic carboxylic acids is 1. The maximum Gasteiger partial charge on any atom is 0.332 e. The highest BCUT2D eigenvalue weighted by molar-refractivity contribution is 5.92. The lowest BCUT2D eigenvalue weighted by Gasteiger charge is -2.11. The Bertz CT molecular complexity index is 488. The van der Waals surface area contributed by atoms with Crippen LogP contribution in [0, 0.1) is 0 Å². The van der Waals surface area contributed by atoms with Crippen LogP contribution in [0.4, 0.5) is 0 Å². The maximum atomic E-state index is 11.8. The van der Waals surface area contributed by atoms with Crippen LogP contribution >= 0.6 is 0 Å². The average Bonchev–Trinajstić information content (AvgIpc) is 3.05. The number of carbonyl (C=O) groups is 2. The topological polar surface area (TPSA) is 119 Å². The quantitative estimate of drug-likeness (QED) is 0.628. The molecule has 2 unspecified atom stereocenters. The summed E-state index contributed by atoms with van der Waals surface area (Å²) in [7, 11) is 0. The zero-order chi connectivity index (χ0) is 14.5. The predicted molar refractivity (Wildman–Crippen MR) is 69.1 cm³/mol. The highest BCUT2D eigenvalue weighted by Crippen LogP contribution is 2.19. The van der Waals surface area contributed by atoms with E-state index in [2.05, 4.69) is 10.3 Å². The van der Waals surface area contributed by atoms with E-state index >= 15 is 0 Å². The first-order valence-electron chi connectivity index (χ1n) is 6.48. The molecule has 1 saturated heterocycles. The van der Waals surface area contributed by atoms with Crippen LogP contribution in [-0.2, 0) is 16.1 Å². The summed E-state index contributed by atoms with van der Waals surface area (Å²) in [5.74, 6) is -1.26. The van der Waals surface area contributed by atoms with E-state index in [0.29, 0.717) is 31.6 Å². The van der Waals surface area contributed by atoms with E-state index in [9.17, 15) is 9.59 Å². The van der Waals surface area contributed by atoms with Crippen molar-refractivity contribution in [2.75, 3.05) is 13.1 Å². The molecule has 1 fully saturated rings. The summed E-state index contributed by atoms with van der Waals surface area (Å²) in [5.41, 5.74) is 5.72. The average molecular weight is 282 g/mol. The summed E-state index contributed by atoms with van der Waals surface area (Å²) >= 11 is 0. The molecule has 1 amide bonds. The van der Waals surface area contributed by atoms with Gasteiger partial charge in [-0.05, 0) is 12.8 Å². The molecule has 4 N–H and O–H groups in total. The first-order chi connectivity index (χ1) is 9.60. The van der Waals surface area contributed by atoms with Crippen molar-refractivity contribution in [3.8, 4) is 0 Å². The number of carboxylic acids is 1. The van der Waals surface area contributed by atoms with Gasteiger partial charge in [0.25, 0.3) is 5.91 Å². The molecule has 2 atom stereocenters. The van der Waals surface area contributed by atoms with Gasteiger partial charge in [0.05, 0.1) is 12.4 Å². The molecule has 2 heterocycles. The summed E-state index contributed by atoms with van der Waals surface area (Å²) in [6, 6.07) is 0. The molecular weight excluding hydrogens is 264 g/mol. The Hall–Kier alpha value is -1.93. The monoisotopic (exact) mass is 282 g/mol. The SMILES string of the molecule is NCCn1cnc(C(=O)NCC2CCC(C(=O)O)O2)c1. The number of nitrogens with one attached hydrogen (secondary N) is 1. The lowest BCUT2D eigenvalue weighted by molar-refractivity contribution is -0.149. The maximum absolute atomic E-state index is 11.8. The number of carbonyl (C=O) groups excluding carboxylic acids is 1. The molecule has 1 aliphatic heterocycles. The minimum Gasteiger partial charge on any atom is -0.479 e. The number of nitrogens with two attached hydrogens (primary N) is 1. The first-order valence-corrected chi connectivity index (χ1v) is 6.48. The Morgan fingerprint density at radius 3 is 3.00 bits per heavy atom. The molecule has 110 valence electrons. The third kappa shape index (κ3) is 3.55. The molecule has 0 aliphatic carbocycles. The zero-order valence-electron chi connectivity index (χ0n) is 11.0. The standard InChI is InChI=1S/C12H18N4O4/c13-3-4-16-6-9(15-7-16)11(17)14-5-8-1-2-10(20-8)12(18)19/h6-8,10H,1-5,13H2,(H,14,17)(H,18,19). The minimum atomic E-state index is -0.959. The second kappa shape index (κ2) is 6.49. The zero-order valence-corrected chi connectivity index (χ0v) is 11.0. The third-order valence-electron chi connectivity index (χ3n) is 3.13. The summed E-state index contributed by atoms with van der Waals surface area (Å²) in [5, 5.41) is 11.5. The largest absolute Gasteiger partial charge is 0.479 e. The smallest absolute Gasteiger partial charge is 0.332 e. The number of rotatable bonds is 6. The van der Waals surface area contributed by atoms with Gasteiger partial charge in [0.1, 0.15) is 5.69 Å². The molecule has 0 bridgehead atoms. The molecule has 1 aromatic rings. The third-order valence-corrected chi connectivity index (χ3v) is 3.13. The van der Waals surface area contributed by atoms with Gasteiger partial charge in [-0.3, -0.25) is 4.79 Å². The fourth-order valence-electron chi connectivity index (χ4n) is 2.08. The number of aromatic nitrogens is 2. The van der Waals surface area contributed by atoms with E-state index in [4.69, 9.17) is 15.6 Å². The molecule has 20 heavy (non-hydrogen) atoms. The summed E-state index contributed by atoms with van der Waals surface area (Å²) in [6.07, 6.45) is 3.25. The van der Waals surface area contributed by atoms with Crippen molar-refractivity contribution < 1.29 is 19.4 Å². The molecule has 0 spiro atoms. The summed E-state index contributed by atoms with van der Waals surface area (Å²) < 4.78 is 7.03. The molecule has 0 saturated carbocycles. The second-order valence-electron chi connectivity index (χ2n) is 4.66. The lowest BCUT2D eigenvalue weighted by atomic mass is 10.2. The van der Waals surface area contributed by atoms with Gasteiger partial charge in [0.2, 0.25) is 0 Å². The molecule has 0 aromatic carbocycles. The Labute approximate surface area is 115 Å². The fraction of sp³-hybridized carbons (Fsp3) is 0.583. The van der Waals surface area contributed by atoms with Gasteiger partial charge < -0.3 is 25.5 Å². The number of hydrogen-bond acceptors (Lipinski definition) is 5. The van der Waals surface area contributed by atoms with Crippen LogP contribution in [0.15, 0.2) is 12.5 Å². The van der Waals surface area contributed by atoms with Crippen LogP contribution in [0.1, 0.15) is 23.3 Å². The predicted octanol–water partition coefficient (Wildman–Crippen LogP) is -0.796. The van der Waals surface area contributed by atoms with Gasteiger partial charge >= 0.3 is 5.97 Å². The van der Waals surface area contributed by atoms with E-state index in [0.717, 1.165) is 0 Å². The van der Waals surface area contributed by atoms with Gasteiger partial charge in [0, 0.05) is 25.8 Å². The Balaban J connectivity index is 1.79. The first kappa shape index (κ1) is 14.5. The van der Waals surface area contributed by atoms with Gasteiger partial charge in [-0.25, -0.2) is 9.78 Å². The molecular formula is C12H18N4O4. The van der Waals surface area contributed by atoms with Crippen molar-refractivity contribution in [3.63, 3.8) is 0 Å². The molecule has 8 heteroatoms. The number of carboxylic acid groups (broad SMARTS) is 1. The van der Waals surface area contributed by atoms with E-state index in [1.807, 2.05) is 0 Å². The molecule has 1 aliphatic rings. The van der Waals surface area contributed by atoms with Crippen LogP contribution in [0.5, 0.6) is 0 Å². The van der Waals surface area contributed by atoms with Crippen LogP contribution in [0.3, 0.4) is 0 Å². The van der Waals surface area contributed by atoms with Crippen molar-refractivity contribution in [1.29, 1.82) is 0 Å². The Morgan fingerprint density at radius 1 is 1.55 bits per heavy atom. The van der Waals surface area contributed by atoms with E-state index < -0.39 is 12.1 Å². The second-order valence-corrected chi connectivity index (χ2v) is 4.66. The molecule has 0 radical (unpaired) electrons. The number of nitrogens with zero attached hydrogens (tertiary/aromatic N) is 2. The van der Waals surface area contributed by atoms with E-state index in [1.165, 1.54) is 0 Å². The van der Waals surface area contributed by atoms with Crippen molar-refractivity contribution in [1.82, 2.24) is 14.9 Å². The lowest BCUT2D eigenvalue weighted by Crippen LogP contribution is -2.33. The number of amides is 1. The summed E-state index contributed by atoms with van der Waals surface area (Å²) in [4.78, 5) is 26.6.